The molecule has 0 amide bonds. The van der Waals surface area contributed by atoms with Gasteiger partial charge in [0.1, 0.15) is 22.3 Å². The fourth-order valence-electron chi connectivity index (χ4n) is 13.3. The van der Waals surface area contributed by atoms with Crippen molar-refractivity contribution in [2.45, 2.75) is 37.5 Å². The maximum atomic E-state index is 6.27. The number of furan rings is 2. The van der Waals surface area contributed by atoms with E-state index in [1.165, 1.54) is 98.7 Å². The lowest BCUT2D eigenvalue weighted by atomic mass is 9.80. The molecule has 3 atom stereocenters. The molecule has 3 aliphatic rings. The lowest BCUT2D eigenvalue weighted by Crippen LogP contribution is -2.32. The van der Waals surface area contributed by atoms with E-state index in [2.05, 4.69) is 228 Å². The minimum absolute atomic E-state index is 0.197. The first kappa shape index (κ1) is 40.8. The van der Waals surface area contributed by atoms with Gasteiger partial charge in [-0.3, -0.25) is 0 Å². The van der Waals surface area contributed by atoms with Crippen LogP contribution in [-0.4, -0.2) is 9.13 Å². The Morgan fingerprint density at radius 1 is 0.438 bits per heavy atom. The topological polar surface area (TPSA) is 36.1 Å². The molecule has 9 aromatic carbocycles. The number of nitrogens with zero attached hydrogens (tertiary/aromatic N) is 2. The predicted octanol–water partition coefficient (Wildman–Crippen LogP) is 16.7. The third-order valence-corrected chi connectivity index (χ3v) is 16.7. The Labute approximate surface area is 421 Å². The van der Waals surface area contributed by atoms with Gasteiger partial charge in [0.05, 0.1) is 21.9 Å². The molecule has 3 aliphatic carbocycles. The molecule has 73 heavy (non-hydrogen) atoms. The molecule has 16 rings (SSSR count). The first-order valence-corrected chi connectivity index (χ1v) is 26.0. The van der Waals surface area contributed by atoms with Crippen LogP contribution in [0.5, 0.6) is 0 Å². The van der Waals surface area contributed by atoms with Gasteiger partial charge in [0, 0.05) is 66.1 Å². The van der Waals surface area contributed by atoms with Gasteiger partial charge < -0.3 is 18.0 Å². The van der Waals surface area contributed by atoms with Gasteiger partial charge in [-0.25, -0.2) is 0 Å². The second kappa shape index (κ2) is 15.8. The number of aromatic nitrogens is 2. The van der Waals surface area contributed by atoms with E-state index in [1.807, 2.05) is 6.07 Å². The standard InChI is InChI=1S/C69H48N2O2/c1-2-12-48(13-3-1)70-63-33-26-43(42-22-29-50-46(36-42)25-30-51(53-15-5-4-14-52(50)53)47-27-34-68-60(38-47)57-17-7-10-20-66(57)72-68)37-59(63)56-32-24-45(40-65(56)70)44-23-31-55-54-16-6-9-19-62(54)71(64(55)39-44)49-28-35-69-61(41-49)58-18-8-11-21-67(58)73-69/h1-22,24,26-29,31-35,37-41,44,46,51H,23,25,30,36H2. The van der Waals surface area contributed by atoms with Crippen LogP contribution in [0, 0.1) is 5.92 Å². The average Bonchev–Trinajstić information content (AvgIpc) is 4.19. The van der Waals surface area contributed by atoms with Crippen LogP contribution in [0.2, 0.25) is 0 Å². The van der Waals surface area contributed by atoms with E-state index in [-0.39, 0.29) is 5.92 Å². The molecule has 13 aromatic rings. The van der Waals surface area contributed by atoms with Crippen LogP contribution in [0.15, 0.2) is 221 Å². The number of benzene rings is 9. The minimum Gasteiger partial charge on any atom is -0.456 e. The first-order chi connectivity index (χ1) is 36.2. The van der Waals surface area contributed by atoms with Crippen molar-refractivity contribution in [3.05, 3.63) is 251 Å². The monoisotopic (exact) mass is 936 g/mol. The molecule has 0 fully saturated rings. The van der Waals surface area contributed by atoms with Gasteiger partial charge in [0.25, 0.3) is 0 Å². The van der Waals surface area contributed by atoms with Crippen molar-refractivity contribution in [1.29, 1.82) is 0 Å². The molecule has 0 N–H and O–H groups in total. The van der Waals surface area contributed by atoms with Gasteiger partial charge in [0.2, 0.25) is 0 Å². The number of allylic oxidation sites excluding steroid dienone is 4. The van der Waals surface area contributed by atoms with E-state index in [9.17, 15) is 0 Å². The van der Waals surface area contributed by atoms with E-state index in [0.29, 0.717) is 11.8 Å². The molecule has 3 unspecified atom stereocenters. The quantitative estimate of drug-likeness (QED) is 0.172. The fraction of sp³-hybridized carbons (Fsp3) is 0.101. The molecule has 4 heteroatoms. The summed E-state index contributed by atoms with van der Waals surface area (Å²) in [6.45, 7) is 0. The third kappa shape index (κ3) is 6.26. The largest absolute Gasteiger partial charge is 0.456 e. The molecule has 4 aromatic heterocycles. The predicted molar refractivity (Wildman–Crippen MR) is 302 cm³/mol. The number of hydrogen-bond donors (Lipinski definition) is 0. The second-order valence-electron chi connectivity index (χ2n) is 20.6. The second-order valence-corrected chi connectivity index (χ2v) is 20.6. The van der Waals surface area contributed by atoms with Crippen molar-refractivity contribution in [3.8, 4) is 11.4 Å². The van der Waals surface area contributed by atoms with Gasteiger partial charge in [-0.15, -0.1) is 0 Å². The highest BCUT2D eigenvalue weighted by Crippen LogP contribution is 2.49. The van der Waals surface area contributed by atoms with Crippen LogP contribution in [0.1, 0.15) is 65.3 Å². The number of fused-ring (bicyclic) bond motifs is 15. The van der Waals surface area contributed by atoms with Gasteiger partial charge in [-0.1, -0.05) is 146 Å². The Hall–Kier alpha value is -8.86. The molecular formula is C69H48N2O2. The summed E-state index contributed by atoms with van der Waals surface area (Å²) >= 11 is 0. The van der Waals surface area contributed by atoms with Gasteiger partial charge in [0.15, 0.2) is 0 Å². The van der Waals surface area contributed by atoms with E-state index in [1.54, 1.807) is 0 Å². The number of rotatable bonds is 5. The van der Waals surface area contributed by atoms with Gasteiger partial charge >= 0.3 is 0 Å². The zero-order valence-electron chi connectivity index (χ0n) is 40.1. The van der Waals surface area contributed by atoms with E-state index >= 15 is 0 Å². The smallest absolute Gasteiger partial charge is 0.135 e. The summed E-state index contributed by atoms with van der Waals surface area (Å²) in [6, 6.07) is 73.7. The van der Waals surface area contributed by atoms with Crippen LogP contribution >= 0.6 is 0 Å². The van der Waals surface area contributed by atoms with Crippen molar-refractivity contribution in [2.24, 2.45) is 5.92 Å². The summed E-state index contributed by atoms with van der Waals surface area (Å²) in [5.41, 5.74) is 19.4. The molecule has 0 radical (unpaired) electrons. The minimum atomic E-state index is 0.197. The van der Waals surface area contributed by atoms with Gasteiger partial charge in [-0.2, -0.15) is 0 Å². The van der Waals surface area contributed by atoms with Gasteiger partial charge in [-0.05, 0) is 149 Å². The van der Waals surface area contributed by atoms with Crippen LogP contribution in [0.4, 0.5) is 0 Å². The first-order valence-electron chi connectivity index (χ1n) is 26.0. The normalized spacial score (nSPS) is 17.6. The Balaban J connectivity index is 0.781. The van der Waals surface area contributed by atoms with Crippen LogP contribution in [-0.2, 0) is 0 Å². The molecule has 4 nitrogen and oxygen atoms in total. The van der Waals surface area contributed by atoms with E-state index in [4.69, 9.17) is 8.83 Å². The average molecular weight is 937 g/mol. The SMILES string of the molecule is C1=C(c2ccc3c(c2)c2ccc(C4C=c5c(c6ccccc6n5-c5ccc6oc7ccccc7c6c5)=CC4)cc2n3-c2ccccc2)CC2CCC(c3ccc4oc5ccccc5c4c3)c3ccccc3C2=C1. The Bertz CT molecular complexity index is 4650. The molecule has 0 saturated heterocycles. The molecule has 0 saturated carbocycles. The van der Waals surface area contributed by atoms with Crippen molar-refractivity contribution in [3.63, 3.8) is 0 Å². The maximum absolute atomic E-state index is 6.27. The fourth-order valence-corrected chi connectivity index (χ4v) is 13.3. The highest BCUT2D eigenvalue weighted by atomic mass is 16.3. The summed E-state index contributed by atoms with van der Waals surface area (Å²) in [5, 5.41) is 11.1. The third-order valence-electron chi connectivity index (χ3n) is 16.7. The molecule has 0 bridgehead atoms. The lowest BCUT2D eigenvalue weighted by Gasteiger charge is -2.24. The Morgan fingerprint density at radius 2 is 1.14 bits per heavy atom. The van der Waals surface area contributed by atoms with E-state index in [0.717, 1.165) is 64.5 Å². The molecular weight excluding hydrogens is 889 g/mol. The molecule has 0 spiro atoms. The van der Waals surface area contributed by atoms with Crippen molar-refractivity contribution >= 4 is 99.9 Å². The van der Waals surface area contributed by atoms with Crippen molar-refractivity contribution in [2.75, 3.05) is 0 Å². The zero-order valence-corrected chi connectivity index (χ0v) is 40.1. The molecule has 346 valence electrons. The van der Waals surface area contributed by atoms with E-state index < -0.39 is 0 Å². The Kier molecular flexibility index (Phi) is 8.85. The summed E-state index contributed by atoms with van der Waals surface area (Å²) in [4.78, 5) is 0. The molecule has 0 aliphatic heterocycles. The maximum Gasteiger partial charge on any atom is 0.135 e. The summed E-state index contributed by atoms with van der Waals surface area (Å²) in [6.07, 6.45) is 14.0. The number of hydrogen-bond acceptors (Lipinski definition) is 2. The zero-order chi connectivity index (χ0) is 47.7. The van der Waals surface area contributed by atoms with Crippen molar-refractivity contribution in [1.82, 2.24) is 9.13 Å². The summed E-state index contributed by atoms with van der Waals surface area (Å²) in [7, 11) is 0. The van der Waals surface area contributed by atoms with Crippen LogP contribution in [0.25, 0.3) is 111 Å². The lowest BCUT2D eigenvalue weighted by molar-refractivity contribution is 0.567. The highest BCUT2D eigenvalue weighted by molar-refractivity contribution is 6.11. The summed E-state index contributed by atoms with van der Waals surface area (Å²) < 4.78 is 17.5. The summed E-state index contributed by atoms with van der Waals surface area (Å²) in [5.74, 6) is 0.941. The van der Waals surface area contributed by atoms with Crippen LogP contribution < -0.4 is 10.6 Å². The van der Waals surface area contributed by atoms with Crippen molar-refractivity contribution < 1.29 is 8.83 Å². The van der Waals surface area contributed by atoms with Crippen LogP contribution in [0.3, 0.4) is 0 Å². The molecule has 4 heterocycles. The number of para-hydroxylation sites is 4. The highest BCUT2D eigenvalue weighted by Gasteiger charge is 2.31. The Morgan fingerprint density at radius 3 is 1.99 bits per heavy atom.